The zero-order valence-electron chi connectivity index (χ0n) is 11.0. The van der Waals surface area contributed by atoms with Gasteiger partial charge in [0.1, 0.15) is 0 Å². The van der Waals surface area contributed by atoms with E-state index in [0.717, 1.165) is 0 Å². The Morgan fingerprint density at radius 1 is 1.00 bits per heavy atom. The molecule has 0 amide bonds. The maximum atomic E-state index is 5.30. The first kappa shape index (κ1) is 16.2. The minimum atomic E-state index is 1.20. The Balaban J connectivity index is 0. The summed E-state index contributed by atoms with van der Waals surface area (Å²) in [6.45, 7) is 12.2. The molecule has 1 heteroatoms. The molecule has 0 unspecified atom stereocenters. The highest BCUT2D eigenvalue weighted by Crippen LogP contribution is 2.11. The lowest BCUT2D eigenvalue weighted by Crippen LogP contribution is -1.83. The average Bonchev–Trinajstić information content (AvgIpc) is 2.29. The van der Waals surface area contributed by atoms with Crippen LogP contribution in [0.3, 0.4) is 0 Å². The van der Waals surface area contributed by atoms with E-state index >= 15 is 0 Å². The van der Waals surface area contributed by atoms with Crippen molar-refractivity contribution >= 4 is 6.08 Å². The van der Waals surface area contributed by atoms with Gasteiger partial charge in [-0.1, -0.05) is 51.5 Å². The zero-order valence-corrected chi connectivity index (χ0v) is 11.0. The largest absolute Gasteiger partial charge is 0.405 e. The van der Waals surface area contributed by atoms with Crippen molar-refractivity contribution in [3.8, 4) is 0 Å². The van der Waals surface area contributed by atoms with E-state index in [2.05, 4.69) is 32.0 Å². The highest BCUT2D eigenvalue weighted by molar-refractivity contribution is 5.54. The van der Waals surface area contributed by atoms with Crippen molar-refractivity contribution in [2.24, 2.45) is 5.73 Å². The second-order valence-corrected chi connectivity index (χ2v) is 2.72. The van der Waals surface area contributed by atoms with Gasteiger partial charge in [0.25, 0.3) is 0 Å². The molecule has 0 fully saturated rings. The highest BCUT2D eigenvalue weighted by atomic mass is 14.5. The van der Waals surface area contributed by atoms with Crippen LogP contribution in [-0.2, 0) is 0 Å². The summed E-state index contributed by atoms with van der Waals surface area (Å²) >= 11 is 0. The summed E-state index contributed by atoms with van der Waals surface area (Å²) in [5.41, 5.74) is 9.03. The molecular weight excluding hydrogens is 182 g/mol. The molecule has 0 aliphatic heterocycles. The van der Waals surface area contributed by atoms with E-state index in [4.69, 9.17) is 5.73 Å². The number of benzene rings is 1. The third-order valence-electron chi connectivity index (χ3n) is 1.71. The summed E-state index contributed by atoms with van der Waals surface area (Å²) in [4.78, 5) is 0. The second kappa shape index (κ2) is 10.8. The number of hydrogen-bond acceptors (Lipinski definition) is 1. The third kappa shape index (κ3) is 6.78. The smallest absolute Gasteiger partial charge is 0.00563 e. The second-order valence-electron chi connectivity index (χ2n) is 2.72. The van der Waals surface area contributed by atoms with E-state index in [1.807, 2.05) is 33.8 Å². The molecule has 15 heavy (non-hydrogen) atoms. The van der Waals surface area contributed by atoms with Crippen molar-refractivity contribution in [3.63, 3.8) is 0 Å². The highest BCUT2D eigenvalue weighted by Gasteiger charge is 1.92. The fourth-order valence-corrected chi connectivity index (χ4v) is 1.04. The van der Waals surface area contributed by atoms with Gasteiger partial charge in [0.15, 0.2) is 0 Å². The molecule has 0 aromatic heterocycles. The molecule has 0 saturated heterocycles. The molecule has 0 atom stereocenters. The van der Waals surface area contributed by atoms with Crippen LogP contribution in [0, 0.1) is 13.8 Å². The topological polar surface area (TPSA) is 26.0 Å². The lowest BCUT2D eigenvalue weighted by Gasteiger charge is -2.00. The summed E-state index contributed by atoms with van der Waals surface area (Å²) < 4.78 is 0. The van der Waals surface area contributed by atoms with Gasteiger partial charge in [-0.05, 0) is 37.3 Å². The third-order valence-corrected chi connectivity index (χ3v) is 1.71. The van der Waals surface area contributed by atoms with E-state index in [1.165, 1.54) is 16.7 Å². The normalized spacial score (nSPS) is 8.67. The minimum Gasteiger partial charge on any atom is -0.405 e. The summed E-state index contributed by atoms with van der Waals surface area (Å²) in [7, 11) is 0. The maximum Gasteiger partial charge on any atom is -0.00563 e. The Hall–Kier alpha value is -1.24. The van der Waals surface area contributed by atoms with E-state index < -0.39 is 0 Å². The number of rotatable bonds is 1. The van der Waals surface area contributed by atoms with Gasteiger partial charge in [-0.2, -0.15) is 0 Å². The molecule has 1 aromatic rings. The number of aryl methyl sites for hydroxylation is 2. The number of hydrogen-bond donors (Lipinski definition) is 1. The maximum absolute atomic E-state index is 5.30. The molecule has 0 aliphatic carbocycles. The fraction of sp³-hybridized carbons (Fsp3) is 0.429. The molecule has 1 aromatic carbocycles. The van der Waals surface area contributed by atoms with Crippen LogP contribution < -0.4 is 5.73 Å². The molecule has 0 bridgehead atoms. The molecule has 86 valence electrons. The van der Waals surface area contributed by atoms with Gasteiger partial charge in [-0.3, -0.25) is 0 Å². The van der Waals surface area contributed by atoms with Crippen LogP contribution in [0.1, 0.15) is 44.4 Å². The Kier molecular flexibility index (Phi) is 11.7. The molecule has 2 N–H and O–H groups in total. The van der Waals surface area contributed by atoms with Crippen LogP contribution in [0.15, 0.2) is 24.4 Å². The Morgan fingerprint density at radius 3 is 2.00 bits per heavy atom. The predicted molar refractivity (Wildman–Crippen MR) is 71.8 cm³/mol. The number of nitrogens with two attached hydrogens (primary N) is 1. The first-order valence-electron chi connectivity index (χ1n) is 5.69. The molecular formula is C14H25N. The van der Waals surface area contributed by atoms with E-state index in [-0.39, 0.29) is 0 Å². The van der Waals surface area contributed by atoms with Gasteiger partial charge >= 0.3 is 0 Å². The van der Waals surface area contributed by atoms with Gasteiger partial charge in [-0.15, -0.1) is 0 Å². The summed E-state index contributed by atoms with van der Waals surface area (Å²) in [5.74, 6) is 0. The van der Waals surface area contributed by atoms with Crippen molar-refractivity contribution in [3.05, 3.63) is 41.1 Å². The van der Waals surface area contributed by atoms with Gasteiger partial charge in [-0.25, -0.2) is 0 Å². The first-order chi connectivity index (χ1) is 7.24. The predicted octanol–water partition coefficient (Wildman–Crippen LogP) is 4.29. The molecule has 0 aliphatic rings. The zero-order chi connectivity index (χ0) is 12.3. The SMILES string of the molecule is CC.CC.Cc1ccc(C)c(/C=C\N)c1. The summed E-state index contributed by atoms with van der Waals surface area (Å²) in [5, 5.41) is 0. The van der Waals surface area contributed by atoms with Crippen LogP contribution in [0.4, 0.5) is 0 Å². The van der Waals surface area contributed by atoms with Crippen LogP contribution >= 0.6 is 0 Å². The molecule has 0 radical (unpaired) electrons. The standard InChI is InChI=1S/C10H13N.2C2H6/c1-8-3-4-9(2)10(7-8)5-6-11;2*1-2/h3-7H,11H2,1-2H3;2*1-2H3/b6-5-;;. The van der Waals surface area contributed by atoms with Gasteiger partial charge < -0.3 is 5.73 Å². The Labute approximate surface area is 95.0 Å². The van der Waals surface area contributed by atoms with Gasteiger partial charge in [0, 0.05) is 0 Å². The molecule has 0 saturated carbocycles. The van der Waals surface area contributed by atoms with Crippen molar-refractivity contribution in [1.29, 1.82) is 0 Å². The molecule has 0 heterocycles. The van der Waals surface area contributed by atoms with Gasteiger partial charge in [0.05, 0.1) is 0 Å². The minimum absolute atomic E-state index is 1.20. The fourth-order valence-electron chi connectivity index (χ4n) is 1.04. The van der Waals surface area contributed by atoms with E-state index in [1.54, 1.807) is 6.20 Å². The summed E-state index contributed by atoms with van der Waals surface area (Å²) in [6.07, 6.45) is 3.49. The molecule has 1 rings (SSSR count). The van der Waals surface area contributed by atoms with E-state index in [9.17, 15) is 0 Å². The quantitative estimate of drug-likeness (QED) is 0.730. The van der Waals surface area contributed by atoms with E-state index in [0.29, 0.717) is 0 Å². The van der Waals surface area contributed by atoms with Crippen molar-refractivity contribution in [1.82, 2.24) is 0 Å². The Morgan fingerprint density at radius 2 is 1.53 bits per heavy atom. The van der Waals surface area contributed by atoms with Crippen LogP contribution in [0.25, 0.3) is 6.08 Å². The molecule has 0 spiro atoms. The van der Waals surface area contributed by atoms with Crippen LogP contribution in [-0.4, -0.2) is 0 Å². The Bertz CT molecular complexity index is 275. The van der Waals surface area contributed by atoms with Crippen LogP contribution in [0.2, 0.25) is 0 Å². The van der Waals surface area contributed by atoms with Crippen LogP contribution in [0.5, 0.6) is 0 Å². The molecule has 1 nitrogen and oxygen atoms in total. The average molecular weight is 207 g/mol. The van der Waals surface area contributed by atoms with Crippen molar-refractivity contribution in [2.75, 3.05) is 0 Å². The van der Waals surface area contributed by atoms with Crippen molar-refractivity contribution in [2.45, 2.75) is 41.5 Å². The van der Waals surface area contributed by atoms with Crippen molar-refractivity contribution < 1.29 is 0 Å². The lowest BCUT2D eigenvalue weighted by atomic mass is 10.1. The monoisotopic (exact) mass is 207 g/mol. The lowest BCUT2D eigenvalue weighted by molar-refractivity contribution is 1.37. The first-order valence-corrected chi connectivity index (χ1v) is 5.69. The van der Waals surface area contributed by atoms with Gasteiger partial charge in [0.2, 0.25) is 0 Å². The summed E-state index contributed by atoms with van der Waals surface area (Å²) in [6, 6.07) is 6.33.